The van der Waals surface area contributed by atoms with E-state index >= 15 is 0 Å². The Bertz CT molecular complexity index is 958. The third kappa shape index (κ3) is 3.63. The smallest absolute Gasteiger partial charge is 0.272 e. The number of aromatic nitrogens is 2. The van der Waals surface area contributed by atoms with Crippen molar-refractivity contribution >= 4 is 5.91 Å². The van der Waals surface area contributed by atoms with Gasteiger partial charge in [-0.15, -0.1) is 0 Å². The summed E-state index contributed by atoms with van der Waals surface area (Å²) in [4.78, 5) is 12.8. The molecule has 0 saturated heterocycles. The van der Waals surface area contributed by atoms with E-state index in [4.69, 9.17) is 0 Å². The van der Waals surface area contributed by atoms with E-state index in [0.29, 0.717) is 12.2 Å². The van der Waals surface area contributed by atoms with E-state index in [-0.39, 0.29) is 11.7 Å². The summed E-state index contributed by atoms with van der Waals surface area (Å²) in [5.41, 5.74) is 5.60. The van der Waals surface area contributed by atoms with Crippen LogP contribution in [0.3, 0.4) is 0 Å². The van der Waals surface area contributed by atoms with Crippen LogP contribution < -0.4 is 5.32 Å². The van der Waals surface area contributed by atoms with Crippen LogP contribution in [-0.4, -0.2) is 15.7 Å². The van der Waals surface area contributed by atoms with Gasteiger partial charge in [0.1, 0.15) is 5.82 Å². The van der Waals surface area contributed by atoms with E-state index in [2.05, 4.69) is 10.4 Å². The molecule has 0 saturated carbocycles. The molecule has 3 aromatic rings. The topological polar surface area (TPSA) is 46.9 Å². The molecule has 1 N–H and O–H groups in total. The van der Waals surface area contributed by atoms with Crippen LogP contribution in [-0.2, 0) is 19.4 Å². The SMILES string of the molecule is Cc1ccc(CNC(=O)c2nn(-c3ccc(F)cc3)c3c2CCCC3)cc1. The van der Waals surface area contributed by atoms with E-state index < -0.39 is 0 Å². The highest BCUT2D eigenvalue weighted by Crippen LogP contribution is 2.27. The van der Waals surface area contributed by atoms with Crippen molar-refractivity contribution in [2.75, 3.05) is 0 Å². The lowest BCUT2D eigenvalue weighted by Gasteiger charge is -2.14. The van der Waals surface area contributed by atoms with Crippen molar-refractivity contribution in [1.82, 2.24) is 15.1 Å². The number of halogens is 1. The van der Waals surface area contributed by atoms with Crippen molar-refractivity contribution < 1.29 is 9.18 Å². The van der Waals surface area contributed by atoms with Crippen molar-refractivity contribution in [3.05, 3.63) is 82.4 Å². The van der Waals surface area contributed by atoms with E-state index in [9.17, 15) is 9.18 Å². The molecular formula is C22H22FN3O. The van der Waals surface area contributed by atoms with Crippen LogP contribution in [0.4, 0.5) is 4.39 Å². The van der Waals surface area contributed by atoms with Crippen molar-refractivity contribution in [2.45, 2.75) is 39.2 Å². The van der Waals surface area contributed by atoms with Crippen LogP contribution in [0.25, 0.3) is 5.69 Å². The van der Waals surface area contributed by atoms with Gasteiger partial charge in [0.2, 0.25) is 0 Å². The zero-order valence-corrected chi connectivity index (χ0v) is 15.3. The Labute approximate surface area is 158 Å². The Morgan fingerprint density at radius 2 is 1.78 bits per heavy atom. The lowest BCUT2D eigenvalue weighted by Crippen LogP contribution is -2.24. The summed E-state index contributed by atoms with van der Waals surface area (Å²) in [5, 5.41) is 7.58. The zero-order valence-electron chi connectivity index (χ0n) is 15.3. The average Bonchev–Trinajstić information content (AvgIpc) is 3.08. The van der Waals surface area contributed by atoms with Gasteiger partial charge >= 0.3 is 0 Å². The summed E-state index contributed by atoms with van der Waals surface area (Å²) in [6.07, 6.45) is 3.86. The minimum Gasteiger partial charge on any atom is -0.347 e. The van der Waals surface area contributed by atoms with Crippen molar-refractivity contribution in [3.63, 3.8) is 0 Å². The highest BCUT2D eigenvalue weighted by molar-refractivity contribution is 5.94. The molecule has 5 heteroatoms. The number of nitrogens with zero attached hydrogens (tertiary/aromatic N) is 2. The number of carbonyl (C=O) groups excluding carboxylic acids is 1. The fourth-order valence-electron chi connectivity index (χ4n) is 3.55. The second-order valence-electron chi connectivity index (χ2n) is 7.04. The quantitative estimate of drug-likeness (QED) is 0.758. The molecule has 0 spiro atoms. The number of carbonyl (C=O) groups is 1. The van der Waals surface area contributed by atoms with E-state index in [1.54, 1.807) is 16.8 Å². The summed E-state index contributed by atoms with van der Waals surface area (Å²) in [6.45, 7) is 2.51. The van der Waals surface area contributed by atoms with Crippen LogP contribution in [0.2, 0.25) is 0 Å². The highest BCUT2D eigenvalue weighted by atomic mass is 19.1. The number of fused-ring (bicyclic) bond motifs is 1. The summed E-state index contributed by atoms with van der Waals surface area (Å²) in [7, 11) is 0. The number of hydrogen-bond acceptors (Lipinski definition) is 2. The van der Waals surface area contributed by atoms with Crippen LogP contribution >= 0.6 is 0 Å². The molecular weight excluding hydrogens is 341 g/mol. The van der Waals surface area contributed by atoms with Gasteiger partial charge in [-0.3, -0.25) is 4.79 Å². The van der Waals surface area contributed by atoms with Gasteiger partial charge in [-0.05, 0) is 62.4 Å². The molecule has 1 amide bonds. The second-order valence-corrected chi connectivity index (χ2v) is 7.04. The van der Waals surface area contributed by atoms with Crippen LogP contribution in [0.1, 0.15) is 45.7 Å². The first kappa shape index (κ1) is 17.5. The van der Waals surface area contributed by atoms with Crippen molar-refractivity contribution in [3.8, 4) is 5.69 Å². The highest BCUT2D eigenvalue weighted by Gasteiger charge is 2.25. The van der Waals surface area contributed by atoms with Gasteiger partial charge in [-0.25, -0.2) is 9.07 Å². The number of benzene rings is 2. The summed E-state index contributed by atoms with van der Waals surface area (Å²) >= 11 is 0. The summed E-state index contributed by atoms with van der Waals surface area (Å²) < 4.78 is 15.1. The predicted octanol–water partition coefficient (Wildman–Crippen LogP) is 4.13. The molecule has 0 atom stereocenters. The van der Waals surface area contributed by atoms with Crippen LogP contribution in [0.15, 0.2) is 48.5 Å². The number of amides is 1. The van der Waals surface area contributed by atoms with Gasteiger partial charge in [-0.2, -0.15) is 5.10 Å². The van der Waals surface area contributed by atoms with Crippen LogP contribution in [0, 0.1) is 12.7 Å². The van der Waals surface area contributed by atoms with E-state index in [1.165, 1.54) is 17.7 Å². The number of nitrogens with one attached hydrogen (secondary N) is 1. The maximum atomic E-state index is 13.3. The van der Waals surface area contributed by atoms with Gasteiger partial charge < -0.3 is 5.32 Å². The first-order chi connectivity index (χ1) is 13.1. The van der Waals surface area contributed by atoms with Crippen LogP contribution in [0.5, 0.6) is 0 Å². The normalized spacial score (nSPS) is 13.3. The van der Waals surface area contributed by atoms with Gasteiger partial charge in [0.25, 0.3) is 5.91 Å². The average molecular weight is 363 g/mol. The maximum Gasteiger partial charge on any atom is 0.272 e. The van der Waals surface area contributed by atoms with Crippen molar-refractivity contribution in [1.29, 1.82) is 0 Å². The molecule has 27 heavy (non-hydrogen) atoms. The van der Waals surface area contributed by atoms with E-state index in [1.807, 2.05) is 31.2 Å². The Morgan fingerprint density at radius 1 is 1.07 bits per heavy atom. The Hall–Kier alpha value is -2.95. The lowest BCUT2D eigenvalue weighted by atomic mass is 9.95. The van der Waals surface area contributed by atoms with E-state index in [0.717, 1.165) is 48.2 Å². The molecule has 0 bridgehead atoms. The molecule has 1 aliphatic rings. The Kier molecular flexibility index (Phi) is 4.75. The number of rotatable bonds is 4. The van der Waals surface area contributed by atoms with Gasteiger partial charge in [-0.1, -0.05) is 29.8 Å². The maximum absolute atomic E-state index is 13.3. The summed E-state index contributed by atoms with van der Waals surface area (Å²) in [6, 6.07) is 14.3. The Balaban J connectivity index is 1.61. The third-order valence-corrected chi connectivity index (χ3v) is 5.04. The number of aryl methyl sites for hydroxylation is 1. The predicted molar refractivity (Wildman–Crippen MR) is 103 cm³/mol. The molecule has 2 aromatic carbocycles. The fraction of sp³-hybridized carbons (Fsp3) is 0.273. The Morgan fingerprint density at radius 3 is 2.52 bits per heavy atom. The minimum absolute atomic E-state index is 0.158. The molecule has 1 heterocycles. The first-order valence-electron chi connectivity index (χ1n) is 9.32. The fourth-order valence-corrected chi connectivity index (χ4v) is 3.55. The second kappa shape index (κ2) is 7.35. The van der Waals surface area contributed by atoms with Gasteiger partial charge in [0.05, 0.1) is 5.69 Å². The standard InChI is InChI=1S/C22H22FN3O/c1-15-6-8-16(9-7-15)14-24-22(27)21-19-4-2-3-5-20(19)26(25-21)18-12-10-17(23)11-13-18/h6-13H,2-5,14H2,1H3,(H,24,27). The molecule has 4 nitrogen and oxygen atoms in total. The molecule has 0 aliphatic heterocycles. The third-order valence-electron chi connectivity index (χ3n) is 5.04. The largest absolute Gasteiger partial charge is 0.347 e. The summed E-state index contributed by atoms with van der Waals surface area (Å²) in [5.74, 6) is -0.439. The molecule has 0 unspecified atom stereocenters. The molecule has 0 fully saturated rings. The molecule has 138 valence electrons. The minimum atomic E-state index is -0.282. The molecule has 1 aliphatic carbocycles. The molecule has 4 rings (SSSR count). The van der Waals surface area contributed by atoms with Crippen molar-refractivity contribution in [2.24, 2.45) is 0 Å². The lowest BCUT2D eigenvalue weighted by molar-refractivity contribution is 0.0944. The molecule has 0 radical (unpaired) electrons. The monoisotopic (exact) mass is 363 g/mol. The number of hydrogen-bond donors (Lipinski definition) is 1. The zero-order chi connectivity index (χ0) is 18.8. The molecule has 1 aromatic heterocycles. The first-order valence-corrected chi connectivity index (χ1v) is 9.32. The van der Waals surface area contributed by atoms with Gasteiger partial charge in [0.15, 0.2) is 5.69 Å². The van der Waals surface area contributed by atoms with Gasteiger partial charge in [0, 0.05) is 17.8 Å².